The minimum atomic E-state index is -4.28. The molecule has 1 N–H and O–H groups in total. The van der Waals surface area contributed by atoms with Gasteiger partial charge in [0.1, 0.15) is 19.8 Å². The predicted octanol–water partition coefficient (Wildman–Crippen LogP) is 1.10. The molecule has 0 aromatic carbocycles. The molecule has 0 saturated carbocycles. The van der Waals surface area contributed by atoms with E-state index in [2.05, 4.69) is 0 Å². The van der Waals surface area contributed by atoms with Gasteiger partial charge in [-0.3, -0.25) is 18.6 Å². The summed E-state index contributed by atoms with van der Waals surface area (Å²) in [5.74, 6) is -1.06. The van der Waals surface area contributed by atoms with Crippen molar-refractivity contribution in [1.29, 1.82) is 0 Å². The van der Waals surface area contributed by atoms with Gasteiger partial charge in [-0.15, -0.1) is 0 Å². The largest absolute Gasteiger partial charge is 0.472 e. The van der Waals surface area contributed by atoms with Crippen LogP contribution in [0.15, 0.2) is 0 Å². The molecule has 0 bridgehead atoms. The highest BCUT2D eigenvalue weighted by molar-refractivity contribution is 7.47. The molecule has 2 atom stereocenters. The normalized spacial score (nSPS) is 15.4. The van der Waals surface area contributed by atoms with E-state index in [4.69, 9.17) is 18.5 Å². The number of likely N-dealkylation sites (N-methyl/N-ethyl adjacent to an activating group) is 1. The average molecular weight is 370 g/mol. The van der Waals surface area contributed by atoms with Crippen molar-refractivity contribution in [3.63, 3.8) is 0 Å². The molecule has 0 saturated heterocycles. The number of carbonyl (C=O) groups is 2. The van der Waals surface area contributed by atoms with Crippen molar-refractivity contribution in [2.24, 2.45) is 0 Å². The number of esters is 2. The Kier molecular flexibility index (Phi) is 10.3. The smallest absolute Gasteiger partial charge is 0.462 e. The van der Waals surface area contributed by atoms with Crippen molar-refractivity contribution in [2.75, 3.05) is 47.5 Å². The van der Waals surface area contributed by atoms with Crippen molar-refractivity contribution in [3.05, 3.63) is 0 Å². The van der Waals surface area contributed by atoms with Crippen LogP contribution in [0.1, 0.15) is 26.7 Å². The summed E-state index contributed by atoms with van der Waals surface area (Å²) in [6, 6.07) is 0. The van der Waals surface area contributed by atoms with Gasteiger partial charge >= 0.3 is 19.8 Å². The zero-order chi connectivity index (χ0) is 18.8. The van der Waals surface area contributed by atoms with Crippen LogP contribution in [0.4, 0.5) is 0 Å². The molecule has 0 heterocycles. The first-order chi connectivity index (χ1) is 10.9. The molecule has 10 heteroatoms. The molecule has 0 spiro atoms. The van der Waals surface area contributed by atoms with E-state index in [1.165, 1.54) is 6.92 Å². The molecule has 0 aromatic heterocycles. The van der Waals surface area contributed by atoms with Crippen molar-refractivity contribution in [3.8, 4) is 0 Å². The van der Waals surface area contributed by atoms with Crippen molar-refractivity contribution in [1.82, 2.24) is 0 Å². The van der Waals surface area contributed by atoms with Crippen LogP contribution in [0, 0.1) is 0 Å². The monoisotopic (exact) mass is 370 g/mol. The summed E-state index contributed by atoms with van der Waals surface area (Å²) in [6.45, 7) is 2.88. The summed E-state index contributed by atoms with van der Waals surface area (Å²) in [5, 5.41) is 0. The van der Waals surface area contributed by atoms with E-state index in [-0.39, 0.29) is 19.6 Å². The molecule has 1 unspecified atom stereocenters. The summed E-state index contributed by atoms with van der Waals surface area (Å²) >= 11 is 0. The van der Waals surface area contributed by atoms with Gasteiger partial charge in [0.05, 0.1) is 27.7 Å². The fourth-order valence-corrected chi connectivity index (χ4v) is 2.16. The summed E-state index contributed by atoms with van der Waals surface area (Å²) in [6.07, 6.45) is -0.199. The highest BCUT2D eigenvalue weighted by Crippen LogP contribution is 2.43. The zero-order valence-electron chi connectivity index (χ0n) is 15.0. The van der Waals surface area contributed by atoms with Gasteiger partial charge in [-0.25, -0.2) is 4.57 Å². The minimum Gasteiger partial charge on any atom is -0.462 e. The second-order valence-corrected chi connectivity index (χ2v) is 7.73. The highest BCUT2D eigenvalue weighted by atomic mass is 31.2. The average Bonchev–Trinajstić information content (AvgIpc) is 2.40. The zero-order valence-corrected chi connectivity index (χ0v) is 15.9. The lowest BCUT2D eigenvalue weighted by Crippen LogP contribution is -2.37. The highest BCUT2D eigenvalue weighted by Gasteiger charge is 2.26. The van der Waals surface area contributed by atoms with Crippen molar-refractivity contribution in [2.45, 2.75) is 32.8 Å². The van der Waals surface area contributed by atoms with Crippen LogP contribution in [0.5, 0.6) is 0 Å². The van der Waals surface area contributed by atoms with Crippen molar-refractivity contribution >= 4 is 19.8 Å². The second-order valence-electron chi connectivity index (χ2n) is 6.28. The molecule has 0 radical (unpaired) electrons. The minimum absolute atomic E-state index is 0.0293. The van der Waals surface area contributed by atoms with Crippen LogP contribution in [-0.4, -0.2) is 74.9 Å². The molecule has 0 aliphatic heterocycles. The number of nitrogens with zero attached hydrogens (tertiary/aromatic N) is 1. The maximum atomic E-state index is 11.8. The van der Waals surface area contributed by atoms with Gasteiger partial charge in [0.25, 0.3) is 0 Å². The Morgan fingerprint density at radius 1 is 1.17 bits per heavy atom. The number of quaternary nitrogens is 1. The van der Waals surface area contributed by atoms with E-state index < -0.39 is 32.5 Å². The fourth-order valence-electron chi connectivity index (χ4n) is 1.42. The SMILES string of the molecule is CCCC(=O)O[C@@H](COC(C)=O)COP(=O)(O)OCC[N+](C)(C)C. The van der Waals surface area contributed by atoms with Gasteiger partial charge < -0.3 is 18.9 Å². The van der Waals surface area contributed by atoms with Crippen LogP contribution < -0.4 is 0 Å². The number of hydrogen-bond acceptors (Lipinski definition) is 7. The predicted molar refractivity (Wildman–Crippen MR) is 86.0 cm³/mol. The first-order valence-electron chi connectivity index (χ1n) is 7.70. The lowest BCUT2D eigenvalue weighted by Gasteiger charge is -2.24. The van der Waals surface area contributed by atoms with E-state index in [1.807, 2.05) is 28.1 Å². The molecule has 0 aliphatic carbocycles. The third kappa shape index (κ3) is 13.4. The molecule has 0 fully saturated rings. The van der Waals surface area contributed by atoms with E-state index in [0.29, 0.717) is 17.4 Å². The topological polar surface area (TPSA) is 108 Å². The molecular formula is C14H29NO8P+. The van der Waals surface area contributed by atoms with Crippen LogP contribution in [-0.2, 0) is 32.7 Å². The summed E-state index contributed by atoms with van der Waals surface area (Å²) in [7, 11) is 1.45. The van der Waals surface area contributed by atoms with Gasteiger partial charge in [-0.05, 0) is 6.42 Å². The molecule has 24 heavy (non-hydrogen) atoms. The Labute approximate surface area is 143 Å². The van der Waals surface area contributed by atoms with Gasteiger partial charge in [0, 0.05) is 13.3 Å². The molecule has 142 valence electrons. The Morgan fingerprint density at radius 3 is 2.29 bits per heavy atom. The van der Waals surface area contributed by atoms with Crippen LogP contribution in [0.25, 0.3) is 0 Å². The first kappa shape index (κ1) is 23.0. The molecule has 0 amide bonds. The Morgan fingerprint density at radius 2 is 1.79 bits per heavy atom. The van der Waals surface area contributed by atoms with E-state index in [1.54, 1.807) is 0 Å². The Balaban J connectivity index is 4.46. The lowest BCUT2D eigenvalue weighted by atomic mass is 10.3. The maximum absolute atomic E-state index is 11.8. The van der Waals surface area contributed by atoms with Crippen LogP contribution in [0.2, 0.25) is 0 Å². The number of phosphoric acid groups is 1. The Hall–Kier alpha value is -0.990. The van der Waals surface area contributed by atoms with Crippen LogP contribution in [0.3, 0.4) is 0 Å². The molecular weight excluding hydrogens is 341 g/mol. The quantitative estimate of drug-likeness (QED) is 0.309. The first-order valence-corrected chi connectivity index (χ1v) is 9.20. The number of hydrogen-bond donors (Lipinski definition) is 1. The van der Waals surface area contributed by atoms with Gasteiger partial charge in [-0.1, -0.05) is 6.92 Å². The van der Waals surface area contributed by atoms with Crippen molar-refractivity contribution < 1.29 is 42.1 Å². The number of ether oxygens (including phenoxy) is 2. The summed E-state index contributed by atoms with van der Waals surface area (Å²) in [5.41, 5.74) is 0. The Bertz CT molecular complexity index is 449. The molecule has 0 rings (SSSR count). The fraction of sp³-hybridized carbons (Fsp3) is 0.857. The molecule has 9 nitrogen and oxygen atoms in total. The van der Waals surface area contributed by atoms with Crippen LogP contribution >= 0.6 is 7.82 Å². The second kappa shape index (κ2) is 10.8. The summed E-state index contributed by atoms with van der Waals surface area (Å²) < 4.78 is 31.9. The lowest BCUT2D eigenvalue weighted by molar-refractivity contribution is -0.870. The van der Waals surface area contributed by atoms with E-state index >= 15 is 0 Å². The third-order valence-corrected chi connectivity index (χ3v) is 3.65. The molecule has 0 aromatic rings. The third-order valence-electron chi connectivity index (χ3n) is 2.66. The number of phosphoric ester groups is 1. The van der Waals surface area contributed by atoms with E-state index in [9.17, 15) is 19.0 Å². The standard InChI is InChI=1S/C14H28NO8P/c1-6-7-14(17)23-13(10-20-12(2)16)11-22-24(18,19)21-9-8-15(3,4)5/h13H,6-11H2,1-5H3/p+1/t13-/m0/s1. The van der Waals surface area contributed by atoms with E-state index in [0.717, 1.165) is 0 Å². The maximum Gasteiger partial charge on any atom is 0.472 e. The van der Waals surface area contributed by atoms with Gasteiger partial charge in [0.2, 0.25) is 0 Å². The number of carbonyl (C=O) groups excluding carboxylic acids is 2. The molecule has 0 aliphatic rings. The summed E-state index contributed by atoms with van der Waals surface area (Å²) in [4.78, 5) is 32.0. The van der Waals surface area contributed by atoms with Gasteiger partial charge in [0.15, 0.2) is 6.10 Å². The number of rotatable bonds is 12. The van der Waals surface area contributed by atoms with Gasteiger partial charge in [-0.2, -0.15) is 0 Å².